The number of benzene rings is 1. The fourth-order valence-electron chi connectivity index (χ4n) is 3.26. The van der Waals surface area contributed by atoms with Gasteiger partial charge in [-0.15, -0.1) is 0 Å². The van der Waals surface area contributed by atoms with Gasteiger partial charge in [-0.25, -0.2) is 4.98 Å². The van der Waals surface area contributed by atoms with Gasteiger partial charge < -0.3 is 9.32 Å². The Morgan fingerprint density at radius 2 is 2.08 bits per heavy atom. The molecule has 1 aromatic carbocycles. The molecule has 0 saturated carbocycles. The van der Waals surface area contributed by atoms with Crippen molar-refractivity contribution in [3.8, 4) is 0 Å². The van der Waals surface area contributed by atoms with Crippen molar-refractivity contribution >= 4 is 35.5 Å². The van der Waals surface area contributed by atoms with Crippen molar-refractivity contribution < 1.29 is 9.21 Å². The molecule has 5 heteroatoms. The van der Waals surface area contributed by atoms with Gasteiger partial charge in [0.1, 0.15) is 5.35 Å². The highest BCUT2D eigenvalue weighted by molar-refractivity contribution is 7.99. The minimum atomic E-state index is 0.124. The van der Waals surface area contributed by atoms with E-state index < -0.39 is 0 Å². The first-order chi connectivity index (χ1) is 11.8. The molecule has 24 heavy (non-hydrogen) atoms. The van der Waals surface area contributed by atoms with Gasteiger partial charge in [0.2, 0.25) is 5.91 Å². The quantitative estimate of drug-likeness (QED) is 0.806. The Balaban J connectivity index is 1.49. The second-order valence-corrected chi connectivity index (χ2v) is 7.06. The monoisotopic (exact) mass is 340 g/mol. The summed E-state index contributed by atoms with van der Waals surface area (Å²) in [5.74, 6) is 0.478. The minimum absolute atomic E-state index is 0.124. The number of hydrogen-bond acceptors (Lipinski definition) is 4. The second kappa shape index (κ2) is 6.85. The highest BCUT2D eigenvalue weighted by atomic mass is 32.2. The fourth-order valence-corrected chi connectivity index (χ4v) is 3.98. The van der Waals surface area contributed by atoms with E-state index in [1.165, 1.54) is 17.3 Å². The molecular weight excluding hydrogens is 320 g/mol. The van der Waals surface area contributed by atoms with E-state index >= 15 is 0 Å². The number of aromatic nitrogens is 1. The maximum Gasteiger partial charge on any atom is 0.257 e. The summed E-state index contributed by atoms with van der Waals surface area (Å²) in [6, 6.07) is 8.23. The molecule has 1 aliphatic heterocycles. The van der Waals surface area contributed by atoms with Crippen molar-refractivity contribution in [2.75, 3.05) is 17.2 Å². The van der Waals surface area contributed by atoms with E-state index in [1.54, 1.807) is 0 Å². The summed E-state index contributed by atoms with van der Waals surface area (Å²) in [5, 5.41) is 1.50. The molecule has 2 aliphatic rings. The molecule has 0 spiro atoms. The Morgan fingerprint density at radius 1 is 1.21 bits per heavy atom. The zero-order valence-electron chi connectivity index (χ0n) is 13.5. The van der Waals surface area contributed by atoms with Crippen molar-refractivity contribution in [2.45, 2.75) is 37.3 Å². The van der Waals surface area contributed by atoms with Crippen LogP contribution < -0.4 is 15.7 Å². The topological polar surface area (TPSA) is 46.3 Å². The van der Waals surface area contributed by atoms with Crippen LogP contribution in [0.15, 0.2) is 33.9 Å². The summed E-state index contributed by atoms with van der Waals surface area (Å²) in [4.78, 5) is 19.1. The largest absolute Gasteiger partial charge is 0.432 e. The van der Waals surface area contributed by atoms with Gasteiger partial charge in [-0.2, -0.15) is 0 Å². The standard InChI is InChI=1S/C19H20N2O2S/c22-18(13-24-19-20-15-9-2-4-11-17(15)23-19)21-12-6-5-8-14-7-1-3-10-16(14)21/h1,3,7,9-11H,2,4-6,8,12-13H2. The number of hydrogen-bond donors (Lipinski definition) is 0. The van der Waals surface area contributed by atoms with Crippen LogP contribution >= 0.6 is 11.8 Å². The lowest BCUT2D eigenvalue weighted by atomic mass is 10.1. The van der Waals surface area contributed by atoms with E-state index in [4.69, 9.17) is 4.42 Å². The Labute approximate surface area is 145 Å². The van der Waals surface area contributed by atoms with Crippen LogP contribution in [0.1, 0.15) is 31.2 Å². The molecule has 2 heterocycles. The first-order valence-electron chi connectivity index (χ1n) is 8.49. The average molecular weight is 340 g/mol. The molecule has 4 rings (SSSR count). The molecule has 0 fully saturated rings. The summed E-state index contributed by atoms with van der Waals surface area (Å²) in [7, 11) is 0. The highest BCUT2D eigenvalue weighted by Crippen LogP contribution is 2.27. The van der Waals surface area contributed by atoms with Crippen molar-refractivity contribution in [3.63, 3.8) is 0 Å². The van der Waals surface area contributed by atoms with Crippen molar-refractivity contribution in [2.24, 2.45) is 0 Å². The number of aryl methyl sites for hydroxylation is 1. The number of carbonyl (C=O) groups is 1. The molecule has 2 aromatic rings. The van der Waals surface area contributed by atoms with E-state index in [1.807, 2.05) is 17.0 Å². The zero-order chi connectivity index (χ0) is 16.4. The summed E-state index contributed by atoms with van der Waals surface area (Å²) >= 11 is 1.39. The Hall–Kier alpha value is -2.01. The van der Waals surface area contributed by atoms with Crippen molar-refractivity contribution in [1.29, 1.82) is 0 Å². The van der Waals surface area contributed by atoms with E-state index in [2.05, 4.69) is 29.3 Å². The summed E-state index contributed by atoms with van der Waals surface area (Å²) < 4.78 is 5.73. The molecule has 0 bridgehead atoms. The number of anilines is 1. The van der Waals surface area contributed by atoms with Gasteiger partial charge in [-0.1, -0.05) is 36.0 Å². The smallest absolute Gasteiger partial charge is 0.257 e. The maximum absolute atomic E-state index is 12.8. The summed E-state index contributed by atoms with van der Waals surface area (Å²) in [6.07, 6.45) is 9.39. The molecule has 4 nitrogen and oxygen atoms in total. The lowest BCUT2D eigenvalue weighted by Crippen LogP contribution is -2.33. The number of amides is 1. The van der Waals surface area contributed by atoms with Crippen molar-refractivity contribution in [3.05, 3.63) is 40.6 Å². The molecule has 1 aliphatic carbocycles. The van der Waals surface area contributed by atoms with Gasteiger partial charge >= 0.3 is 0 Å². The molecule has 0 unspecified atom stereocenters. The Morgan fingerprint density at radius 3 is 3.00 bits per heavy atom. The van der Waals surface area contributed by atoms with Crippen LogP contribution in [0.5, 0.6) is 0 Å². The Bertz CT molecular complexity index is 838. The summed E-state index contributed by atoms with van der Waals surface area (Å²) in [6.45, 7) is 0.792. The van der Waals surface area contributed by atoms with Crippen LogP contribution in [0.25, 0.3) is 12.2 Å². The maximum atomic E-state index is 12.8. The summed E-state index contributed by atoms with van der Waals surface area (Å²) in [5.41, 5.74) is 3.18. The first-order valence-corrected chi connectivity index (χ1v) is 9.48. The fraction of sp³-hybridized carbons (Fsp3) is 0.368. The number of rotatable bonds is 3. The van der Waals surface area contributed by atoms with Crippen LogP contribution in [-0.4, -0.2) is 23.2 Å². The van der Waals surface area contributed by atoms with E-state index in [0.29, 0.717) is 11.0 Å². The normalized spacial score (nSPS) is 16.4. The number of para-hydroxylation sites is 1. The van der Waals surface area contributed by atoms with Crippen LogP contribution in [0, 0.1) is 0 Å². The van der Waals surface area contributed by atoms with Gasteiger partial charge in [0, 0.05) is 12.2 Å². The molecule has 124 valence electrons. The number of carbonyl (C=O) groups excluding carboxylic acids is 1. The average Bonchev–Trinajstić information content (AvgIpc) is 2.91. The predicted molar refractivity (Wildman–Crippen MR) is 96.4 cm³/mol. The van der Waals surface area contributed by atoms with Crippen LogP contribution in [0.2, 0.25) is 0 Å². The third kappa shape index (κ3) is 3.13. The second-order valence-electron chi connectivity index (χ2n) is 6.13. The highest BCUT2D eigenvalue weighted by Gasteiger charge is 2.21. The number of nitrogens with zero attached hydrogens (tertiary/aromatic N) is 2. The zero-order valence-corrected chi connectivity index (χ0v) is 14.3. The van der Waals surface area contributed by atoms with Crippen LogP contribution in [0.4, 0.5) is 5.69 Å². The SMILES string of the molecule is O=C(CSc1nc2c(o1)=CCCC=2)N1CCCCc2ccccc21. The van der Waals surface area contributed by atoms with Gasteiger partial charge in [-0.3, -0.25) is 4.79 Å². The van der Waals surface area contributed by atoms with Gasteiger partial charge in [0.05, 0.1) is 5.75 Å². The van der Waals surface area contributed by atoms with E-state index in [-0.39, 0.29) is 5.91 Å². The molecule has 0 radical (unpaired) electrons. The van der Waals surface area contributed by atoms with Gasteiger partial charge in [-0.05, 0) is 49.8 Å². The van der Waals surface area contributed by atoms with Gasteiger partial charge in [0.25, 0.3) is 5.22 Å². The Kier molecular flexibility index (Phi) is 4.43. The van der Waals surface area contributed by atoms with E-state index in [0.717, 1.165) is 55.1 Å². The number of oxazole rings is 1. The van der Waals surface area contributed by atoms with Crippen molar-refractivity contribution in [1.82, 2.24) is 4.98 Å². The van der Waals surface area contributed by atoms with Gasteiger partial charge in [0.15, 0.2) is 5.42 Å². The molecule has 0 saturated heterocycles. The van der Waals surface area contributed by atoms with Crippen LogP contribution in [0.3, 0.4) is 0 Å². The third-order valence-corrected chi connectivity index (χ3v) is 5.29. The predicted octanol–water partition coefficient (Wildman–Crippen LogP) is 2.49. The van der Waals surface area contributed by atoms with E-state index in [9.17, 15) is 4.79 Å². The minimum Gasteiger partial charge on any atom is -0.432 e. The number of thioether (sulfide) groups is 1. The molecule has 0 N–H and O–H groups in total. The lowest BCUT2D eigenvalue weighted by molar-refractivity contribution is -0.116. The number of fused-ring (bicyclic) bond motifs is 2. The molecule has 0 atom stereocenters. The lowest BCUT2D eigenvalue weighted by Gasteiger charge is -2.22. The molecule has 1 amide bonds. The van der Waals surface area contributed by atoms with Crippen LogP contribution in [-0.2, 0) is 11.2 Å². The molecule has 1 aromatic heterocycles. The third-order valence-electron chi connectivity index (χ3n) is 4.48. The molecular formula is C19H20N2O2S. The first kappa shape index (κ1) is 15.5.